The smallest absolute Gasteiger partial charge is 0.252 e. The van der Waals surface area contributed by atoms with Gasteiger partial charge in [0.1, 0.15) is 0 Å². The van der Waals surface area contributed by atoms with E-state index in [9.17, 15) is 13.6 Å². The number of carbonyl (C=O) groups is 1. The molecule has 0 aliphatic heterocycles. The lowest BCUT2D eigenvalue weighted by molar-refractivity contribution is 0.0156. The van der Waals surface area contributed by atoms with Gasteiger partial charge in [-0.3, -0.25) is 4.79 Å². The van der Waals surface area contributed by atoms with Crippen molar-refractivity contribution in [3.8, 4) is 0 Å². The Morgan fingerprint density at radius 3 is 2.40 bits per heavy atom. The van der Waals surface area contributed by atoms with Crippen molar-refractivity contribution in [2.24, 2.45) is 0 Å². The Morgan fingerprint density at radius 2 is 1.93 bits per heavy atom. The summed E-state index contributed by atoms with van der Waals surface area (Å²) in [7, 11) is 0. The van der Waals surface area contributed by atoms with Gasteiger partial charge in [0.05, 0.1) is 16.5 Å². The Morgan fingerprint density at radius 1 is 1.33 bits per heavy atom. The average molecular weight is 253 g/mol. The second-order valence-corrected chi connectivity index (χ2v) is 4.11. The number of Topliss-reactive ketones (excluding diaryl/α,β-unsaturated/α-hetero) is 1. The molecular formula is C10H8Cl2F2O. The van der Waals surface area contributed by atoms with Crippen LogP contribution in [0.25, 0.3) is 0 Å². The maximum atomic E-state index is 12.6. The number of hydrogen-bond donors (Lipinski definition) is 0. The van der Waals surface area contributed by atoms with Crippen molar-refractivity contribution in [1.82, 2.24) is 0 Å². The summed E-state index contributed by atoms with van der Waals surface area (Å²) < 4.78 is 25.1. The minimum atomic E-state index is -3.01. The van der Waals surface area contributed by atoms with Gasteiger partial charge in [0.25, 0.3) is 5.92 Å². The lowest BCUT2D eigenvalue weighted by atomic mass is 10.1. The SMILES string of the molecule is CC(F)(F)CC(=O)c1ccc(Cl)c(Cl)c1. The molecule has 1 aromatic carbocycles. The molecule has 82 valence electrons. The highest BCUT2D eigenvalue weighted by atomic mass is 35.5. The Labute approximate surface area is 96.0 Å². The van der Waals surface area contributed by atoms with E-state index in [1.165, 1.54) is 18.2 Å². The van der Waals surface area contributed by atoms with Crippen molar-refractivity contribution in [3.05, 3.63) is 33.8 Å². The molecule has 15 heavy (non-hydrogen) atoms. The number of hydrogen-bond acceptors (Lipinski definition) is 1. The first kappa shape index (κ1) is 12.4. The van der Waals surface area contributed by atoms with Crippen molar-refractivity contribution in [2.75, 3.05) is 0 Å². The topological polar surface area (TPSA) is 17.1 Å². The zero-order valence-electron chi connectivity index (χ0n) is 7.86. The second-order valence-electron chi connectivity index (χ2n) is 3.30. The fourth-order valence-electron chi connectivity index (χ4n) is 1.05. The molecule has 0 N–H and O–H groups in total. The minimum absolute atomic E-state index is 0.144. The summed E-state index contributed by atoms with van der Waals surface area (Å²) in [5.41, 5.74) is 0.144. The first-order valence-electron chi connectivity index (χ1n) is 4.16. The lowest BCUT2D eigenvalue weighted by Crippen LogP contribution is -2.16. The number of alkyl halides is 2. The molecule has 0 spiro atoms. The Bertz CT molecular complexity index is 385. The molecule has 5 heteroatoms. The summed E-state index contributed by atoms with van der Waals surface area (Å²) in [4.78, 5) is 11.3. The molecule has 0 fully saturated rings. The van der Waals surface area contributed by atoms with Crippen LogP contribution < -0.4 is 0 Å². The third-order valence-electron chi connectivity index (χ3n) is 1.71. The van der Waals surface area contributed by atoms with Crippen LogP contribution in [0.3, 0.4) is 0 Å². The average Bonchev–Trinajstić information content (AvgIpc) is 2.06. The highest BCUT2D eigenvalue weighted by Crippen LogP contribution is 2.25. The zero-order chi connectivity index (χ0) is 11.6. The molecule has 0 unspecified atom stereocenters. The summed E-state index contributed by atoms with van der Waals surface area (Å²) >= 11 is 11.3. The number of carbonyl (C=O) groups excluding carboxylic acids is 1. The second kappa shape index (κ2) is 4.45. The van der Waals surface area contributed by atoms with Gasteiger partial charge in [-0.15, -0.1) is 0 Å². The maximum Gasteiger partial charge on any atom is 0.252 e. The molecular weight excluding hydrogens is 245 g/mol. The third-order valence-corrected chi connectivity index (χ3v) is 2.45. The van der Waals surface area contributed by atoms with Gasteiger partial charge >= 0.3 is 0 Å². The van der Waals surface area contributed by atoms with E-state index in [-0.39, 0.29) is 15.6 Å². The van der Waals surface area contributed by atoms with E-state index in [0.717, 1.165) is 0 Å². The van der Waals surface area contributed by atoms with Crippen LogP contribution >= 0.6 is 23.2 Å². The zero-order valence-corrected chi connectivity index (χ0v) is 9.37. The molecule has 1 aromatic rings. The van der Waals surface area contributed by atoms with E-state index in [4.69, 9.17) is 23.2 Å². The van der Waals surface area contributed by atoms with E-state index in [2.05, 4.69) is 0 Å². The molecule has 0 saturated heterocycles. The van der Waals surface area contributed by atoms with Crippen molar-refractivity contribution in [2.45, 2.75) is 19.3 Å². The molecule has 0 aliphatic carbocycles. The predicted molar refractivity (Wildman–Crippen MR) is 56.0 cm³/mol. The van der Waals surface area contributed by atoms with Gasteiger partial charge < -0.3 is 0 Å². The Balaban J connectivity index is 2.88. The van der Waals surface area contributed by atoms with Crippen molar-refractivity contribution in [1.29, 1.82) is 0 Å². The van der Waals surface area contributed by atoms with Crippen LogP contribution in [0.2, 0.25) is 10.0 Å². The van der Waals surface area contributed by atoms with Crippen molar-refractivity contribution >= 4 is 29.0 Å². The summed E-state index contributed by atoms with van der Waals surface area (Å²) in [6.45, 7) is 0.697. The first-order valence-corrected chi connectivity index (χ1v) is 4.91. The molecule has 1 rings (SSSR count). The summed E-state index contributed by atoms with van der Waals surface area (Å²) in [6, 6.07) is 4.07. The molecule has 0 heterocycles. The van der Waals surface area contributed by atoms with E-state index >= 15 is 0 Å². The van der Waals surface area contributed by atoms with Crippen LogP contribution in [0, 0.1) is 0 Å². The summed E-state index contributed by atoms with van der Waals surface area (Å²) in [5, 5.41) is 0.471. The number of benzene rings is 1. The quantitative estimate of drug-likeness (QED) is 0.737. The van der Waals surface area contributed by atoms with Crippen LogP contribution in [0.4, 0.5) is 8.78 Å². The number of ketones is 1. The van der Waals surface area contributed by atoms with Crippen molar-refractivity contribution in [3.63, 3.8) is 0 Å². The van der Waals surface area contributed by atoms with Gasteiger partial charge in [-0.05, 0) is 25.1 Å². The lowest BCUT2D eigenvalue weighted by Gasteiger charge is -2.09. The van der Waals surface area contributed by atoms with Crippen LogP contribution in [-0.4, -0.2) is 11.7 Å². The monoisotopic (exact) mass is 252 g/mol. The maximum absolute atomic E-state index is 12.6. The van der Waals surface area contributed by atoms with Gasteiger partial charge in [-0.2, -0.15) is 0 Å². The number of halogens is 4. The molecule has 0 atom stereocenters. The molecule has 0 saturated carbocycles. The highest BCUT2D eigenvalue weighted by Gasteiger charge is 2.26. The highest BCUT2D eigenvalue weighted by molar-refractivity contribution is 6.42. The van der Waals surface area contributed by atoms with Crippen LogP contribution in [0.5, 0.6) is 0 Å². The van der Waals surface area contributed by atoms with Crippen LogP contribution in [-0.2, 0) is 0 Å². The van der Waals surface area contributed by atoms with Gasteiger partial charge in [0.2, 0.25) is 0 Å². The third kappa shape index (κ3) is 3.76. The fraction of sp³-hybridized carbons (Fsp3) is 0.300. The van der Waals surface area contributed by atoms with E-state index < -0.39 is 18.1 Å². The van der Waals surface area contributed by atoms with E-state index in [1.54, 1.807) is 0 Å². The first-order chi connectivity index (χ1) is 6.79. The molecule has 0 amide bonds. The Kier molecular flexibility index (Phi) is 3.68. The predicted octanol–water partition coefficient (Wildman–Crippen LogP) is 4.22. The minimum Gasteiger partial charge on any atom is -0.294 e. The van der Waals surface area contributed by atoms with Gasteiger partial charge in [-0.25, -0.2) is 8.78 Å². The summed E-state index contributed by atoms with van der Waals surface area (Å²) in [6.07, 6.45) is -0.828. The largest absolute Gasteiger partial charge is 0.294 e. The van der Waals surface area contributed by atoms with Crippen LogP contribution in [0.1, 0.15) is 23.7 Å². The van der Waals surface area contributed by atoms with Crippen LogP contribution in [0.15, 0.2) is 18.2 Å². The number of rotatable bonds is 3. The van der Waals surface area contributed by atoms with Gasteiger partial charge in [0, 0.05) is 5.56 Å². The summed E-state index contributed by atoms with van der Waals surface area (Å²) in [5.74, 6) is -3.66. The van der Waals surface area contributed by atoms with Crippen molar-refractivity contribution < 1.29 is 13.6 Å². The molecule has 0 aromatic heterocycles. The Hall–Kier alpha value is -0.670. The van der Waals surface area contributed by atoms with E-state index in [0.29, 0.717) is 6.92 Å². The van der Waals surface area contributed by atoms with E-state index in [1.807, 2.05) is 0 Å². The fourth-order valence-corrected chi connectivity index (χ4v) is 1.35. The molecule has 1 nitrogen and oxygen atoms in total. The van der Waals surface area contributed by atoms with Gasteiger partial charge in [0.15, 0.2) is 5.78 Å². The molecule has 0 aliphatic rings. The molecule has 0 radical (unpaired) electrons. The normalized spacial score (nSPS) is 11.5. The van der Waals surface area contributed by atoms with Gasteiger partial charge in [-0.1, -0.05) is 23.2 Å². The molecule has 0 bridgehead atoms. The standard InChI is InChI=1S/C10H8Cl2F2O/c1-10(13,14)5-9(15)6-2-3-7(11)8(12)4-6/h2-4H,5H2,1H3.